The predicted molar refractivity (Wildman–Crippen MR) is 124 cm³/mol. The van der Waals surface area contributed by atoms with Crippen LogP contribution in [0.15, 0.2) is 57.9 Å². The summed E-state index contributed by atoms with van der Waals surface area (Å²) in [6.45, 7) is 0. The summed E-state index contributed by atoms with van der Waals surface area (Å²) < 4.78 is 26.3. The first-order valence-corrected chi connectivity index (χ1v) is 11.0. The number of ether oxygens (including phenoxy) is 1. The molecule has 160 valence electrons. The molecule has 0 spiro atoms. The molecule has 0 unspecified atom stereocenters. The molecule has 0 radical (unpaired) electrons. The van der Waals surface area contributed by atoms with Crippen LogP contribution >= 0.6 is 35.2 Å². The Bertz CT molecular complexity index is 1630. The molecule has 10 heteroatoms. The molecule has 32 heavy (non-hydrogen) atoms. The van der Waals surface area contributed by atoms with E-state index in [1.807, 2.05) is 18.2 Å². The van der Waals surface area contributed by atoms with Gasteiger partial charge >= 0.3 is 0 Å². The first-order chi connectivity index (χ1) is 15.4. The SMILES string of the molecule is COc1ccnc2c(=O)n(-c3nc4ccc(Cc5ccc(F)cc5Cl)cc4s3)c(=S)oc12. The summed E-state index contributed by atoms with van der Waals surface area (Å²) in [5, 5.41) is 0.750. The van der Waals surface area contributed by atoms with Crippen LogP contribution in [0.2, 0.25) is 5.02 Å². The molecule has 5 rings (SSSR count). The van der Waals surface area contributed by atoms with Crippen molar-refractivity contribution in [2.75, 3.05) is 7.11 Å². The Labute approximate surface area is 194 Å². The molecule has 0 saturated heterocycles. The van der Waals surface area contributed by atoms with Gasteiger partial charge in [0.05, 0.1) is 17.3 Å². The van der Waals surface area contributed by atoms with E-state index in [-0.39, 0.29) is 21.8 Å². The smallest absolute Gasteiger partial charge is 0.290 e. The third-order valence-electron chi connectivity index (χ3n) is 4.91. The number of fused-ring (bicyclic) bond motifs is 2. The van der Waals surface area contributed by atoms with Crippen molar-refractivity contribution in [2.24, 2.45) is 0 Å². The van der Waals surface area contributed by atoms with E-state index in [2.05, 4.69) is 9.97 Å². The lowest BCUT2D eigenvalue weighted by atomic mass is 10.0. The molecule has 0 aliphatic heterocycles. The van der Waals surface area contributed by atoms with Crippen LogP contribution in [0.25, 0.3) is 26.4 Å². The molecule has 6 nitrogen and oxygen atoms in total. The molecule has 0 atom stereocenters. The van der Waals surface area contributed by atoms with Crippen molar-refractivity contribution < 1.29 is 13.5 Å². The third-order valence-corrected chi connectivity index (χ3v) is 6.53. The molecule has 0 N–H and O–H groups in total. The van der Waals surface area contributed by atoms with Gasteiger partial charge in [0, 0.05) is 17.3 Å². The minimum atomic E-state index is -0.437. The molecule has 0 fully saturated rings. The van der Waals surface area contributed by atoms with Gasteiger partial charge in [0.25, 0.3) is 10.4 Å². The molecule has 5 aromatic rings. The van der Waals surface area contributed by atoms with Gasteiger partial charge < -0.3 is 9.15 Å². The molecule has 0 aliphatic rings. The number of hydrogen-bond acceptors (Lipinski definition) is 7. The van der Waals surface area contributed by atoms with Crippen LogP contribution < -0.4 is 10.3 Å². The normalized spacial score (nSPS) is 11.3. The fraction of sp³-hybridized carbons (Fsp3) is 0.0909. The van der Waals surface area contributed by atoms with Crippen LogP contribution in [0, 0.1) is 10.7 Å². The Morgan fingerprint density at radius 1 is 1.25 bits per heavy atom. The van der Waals surface area contributed by atoms with Gasteiger partial charge in [-0.3, -0.25) is 4.79 Å². The minimum Gasteiger partial charge on any atom is -0.493 e. The van der Waals surface area contributed by atoms with Crippen LogP contribution in [0.3, 0.4) is 0 Å². The van der Waals surface area contributed by atoms with Crippen molar-refractivity contribution in [3.8, 4) is 10.9 Å². The van der Waals surface area contributed by atoms with Gasteiger partial charge in [0.1, 0.15) is 5.82 Å². The summed E-state index contributed by atoms with van der Waals surface area (Å²) in [5.41, 5.74) is 2.35. The molecule has 3 aromatic heterocycles. The van der Waals surface area contributed by atoms with Crippen molar-refractivity contribution in [1.29, 1.82) is 0 Å². The number of pyridine rings is 1. The lowest BCUT2D eigenvalue weighted by molar-refractivity contribution is 0.404. The van der Waals surface area contributed by atoms with Gasteiger partial charge in [0.15, 0.2) is 11.3 Å². The van der Waals surface area contributed by atoms with E-state index in [0.29, 0.717) is 27.8 Å². The second-order valence-corrected chi connectivity index (χ2v) is 8.68. The van der Waals surface area contributed by atoms with E-state index in [4.69, 9.17) is 33.0 Å². The minimum absolute atomic E-state index is 0.0498. The molecule has 0 amide bonds. The Hall–Kier alpha value is -3.14. The van der Waals surface area contributed by atoms with Crippen LogP contribution in [0.4, 0.5) is 4.39 Å². The van der Waals surface area contributed by atoms with E-state index < -0.39 is 5.56 Å². The van der Waals surface area contributed by atoms with E-state index in [0.717, 1.165) is 15.8 Å². The first kappa shape index (κ1) is 20.7. The molecule has 0 bridgehead atoms. The molecule has 0 aliphatic carbocycles. The number of halogens is 2. The van der Waals surface area contributed by atoms with Crippen molar-refractivity contribution >= 4 is 56.5 Å². The van der Waals surface area contributed by atoms with Gasteiger partial charge in [-0.1, -0.05) is 35.1 Å². The Balaban J connectivity index is 1.59. The van der Waals surface area contributed by atoms with Crippen molar-refractivity contribution in [3.05, 3.63) is 85.8 Å². The maximum absolute atomic E-state index is 13.3. The lowest BCUT2D eigenvalue weighted by Gasteiger charge is -2.05. The fourth-order valence-corrected chi connectivity index (χ4v) is 4.95. The van der Waals surface area contributed by atoms with Crippen LogP contribution in [-0.4, -0.2) is 21.6 Å². The van der Waals surface area contributed by atoms with Crippen LogP contribution in [-0.2, 0) is 6.42 Å². The fourth-order valence-electron chi connectivity index (χ4n) is 3.38. The average Bonchev–Trinajstić information content (AvgIpc) is 3.18. The summed E-state index contributed by atoms with van der Waals surface area (Å²) in [4.78, 5) is 21.7. The van der Waals surface area contributed by atoms with E-state index in [1.165, 1.54) is 41.3 Å². The summed E-state index contributed by atoms with van der Waals surface area (Å²) in [5.74, 6) is -0.00174. The van der Waals surface area contributed by atoms with E-state index >= 15 is 0 Å². The standard InChI is InChI=1S/C22H13ClFN3O3S2/c1-29-16-6-7-25-18-19(16)30-22(31)27(20(18)28)21-26-15-5-2-11(9-17(15)32-21)8-12-3-4-13(24)10-14(12)23/h2-7,9-10H,8H2,1H3. The molecular formula is C22H13ClFN3O3S2. The van der Waals surface area contributed by atoms with Gasteiger partial charge in [-0.2, -0.15) is 0 Å². The highest BCUT2D eigenvalue weighted by atomic mass is 35.5. The van der Waals surface area contributed by atoms with Gasteiger partial charge in [-0.15, -0.1) is 0 Å². The number of thiazole rings is 1. The highest BCUT2D eigenvalue weighted by Crippen LogP contribution is 2.29. The zero-order valence-electron chi connectivity index (χ0n) is 16.5. The number of hydrogen-bond donors (Lipinski definition) is 0. The highest BCUT2D eigenvalue weighted by molar-refractivity contribution is 7.71. The van der Waals surface area contributed by atoms with E-state index in [1.54, 1.807) is 12.1 Å². The quantitative estimate of drug-likeness (QED) is 0.304. The zero-order chi connectivity index (χ0) is 22.4. The number of methoxy groups -OCH3 is 1. The summed E-state index contributed by atoms with van der Waals surface area (Å²) in [6, 6.07) is 11.7. The molecule has 3 heterocycles. The van der Waals surface area contributed by atoms with Crippen molar-refractivity contribution in [3.63, 3.8) is 0 Å². The number of rotatable bonds is 4. The summed E-state index contributed by atoms with van der Waals surface area (Å²) in [7, 11) is 1.48. The number of benzene rings is 2. The largest absolute Gasteiger partial charge is 0.493 e. The zero-order valence-corrected chi connectivity index (χ0v) is 18.9. The molecule has 0 saturated carbocycles. The first-order valence-electron chi connectivity index (χ1n) is 9.37. The molecular weight excluding hydrogens is 473 g/mol. The Morgan fingerprint density at radius 2 is 2.09 bits per heavy atom. The van der Waals surface area contributed by atoms with Crippen LogP contribution in [0.1, 0.15) is 11.1 Å². The van der Waals surface area contributed by atoms with Gasteiger partial charge in [0.2, 0.25) is 10.7 Å². The lowest BCUT2D eigenvalue weighted by Crippen LogP contribution is -2.20. The van der Waals surface area contributed by atoms with Gasteiger partial charge in [-0.05, 0) is 54.0 Å². The maximum Gasteiger partial charge on any atom is 0.290 e. The van der Waals surface area contributed by atoms with Gasteiger partial charge in [-0.25, -0.2) is 18.9 Å². The van der Waals surface area contributed by atoms with Crippen molar-refractivity contribution in [2.45, 2.75) is 6.42 Å². The average molecular weight is 486 g/mol. The topological polar surface area (TPSA) is 70.2 Å². The van der Waals surface area contributed by atoms with E-state index in [9.17, 15) is 9.18 Å². The molecule has 2 aromatic carbocycles. The number of nitrogens with zero attached hydrogens (tertiary/aromatic N) is 3. The maximum atomic E-state index is 13.3. The second-order valence-electron chi connectivity index (χ2n) is 6.91. The monoisotopic (exact) mass is 485 g/mol. The van der Waals surface area contributed by atoms with Crippen LogP contribution in [0.5, 0.6) is 5.75 Å². The summed E-state index contributed by atoms with van der Waals surface area (Å²) in [6.07, 6.45) is 2.00. The second kappa shape index (κ2) is 8.09. The highest BCUT2D eigenvalue weighted by Gasteiger charge is 2.17. The summed E-state index contributed by atoms with van der Waals surface area (Å²) >= 11 is 12.8. The number of aromatic nitrogens is 3. The van der Waals surface area contributed by atoms with Crippen molar-refractivity contribution in [1.82, 2.24) is 14.5 Å². The predicted octanol–water partition coefficient (Wildman–Crippen LogP) is 5.71. The Morgan fingerprint density at radius 3 is 2.88 bits per heavy atom. The third kappa shape index (κ3) is 3.58. The Kier molecular flexibility index (Phi) is 5.24.